The zero-order valence-corrected chi connectivity index (χ0v) is 78.6. The van der Waals surface area contributed by atoms with Crippen molar-refractivity contribution in [2.24, 2.45) is 5.41 Å². The van der Waals surface area contributed by atoms with Crippen LogP contribution < -0.4 is 4.90 Å². The summed E-state index contributed by atoms with van der Waals surface area (Å²) in [6.07, 6.45) is 12.3. The second kappa shape index (κ2) is 33.4. The summed E-state index contributed by atoms with van der Waals surface area (Å²) in [7, 11) is 0. The number of aryl methyl sites for hydroxylation is 9. The Morgan fingerprint density at radius 3 is 1.28 bits per heavy atom. The SMILES string of the molecule is Cc1cc2c3ccc[c-]c3c3ncc(-c4c(C)cc(-c5ccccc5)cc4C)n3c2cc1C.Cc1ccc2nc3c4[c-]cccc4c4ccccc4n3c2c1.Cc1cccc(C)c1-c1cnc2c3[c-]cccc3c3cc(N4CCCCC4)ccc3n12.Cc1cccc(C)c1-c1cnc2c3[c-]cccc3c3cc4c(cc3n12)CC(C)(C)C4.[Ir].[Ir].[Ir].[Ir]. The Morgan fingerprint density at radius 1 is 0.308 bits per heavy atom. The van der Waals surface area contributed by atoms with Gasteiger partial charge in [0.05, 0.1) is 50.7 Å². The van der Waals surface area contributed by atoms with E-state index in [2.05, 4.69) is 329 Å². The smallest absolute Gasteiger partial charge is 0.0774 e. The molecule has 1 saturated heterocycles. The summed E-state index contributed by atoms with van der Waals surface area (Å²) in [4.78, 5) is 22.1. The van der Waals surface area contributed by atoms with Crippen LogP contribution in [-0.2, 0) is 93.3 Å². The van der Waals surface area contributed by atoms with Gasteiger partial charge in [0, 0.05) is 157 Å². The molecule has 602 valence electrons. The minimum atomic E-state index is 0. The Kier molecular flexibility index (Phi) is 23.1. The molecule has 21 aromatic rings. The van der Waals surface area contributed by atoms with Crippen LogP contribution in [0.5, 0.6) is 0 Å². The summed E-state index contributed by atoms with van der Waals surface area (Å²) >= 11 is 0. The van der Waals surface area contributed by atoms with Crippen LogP contribution in [0.2, 0.25) is 0 Å². The number of piperidine rings is 1. The van der Waals surface area contributed by atoms with E-state index in [1.54, 1.807) is 0 Å². The van der Waals surface area contributed by atoms with Crippen molar-refractivity contribution in [3.05, 3.63) is 341 Å². The molecule has 1 fully saturated rings. The molecule has 0 spiro atoms. The first-order chi connectivity index (χ1) is 56.5. The van der Waals surface area contributed by atoms with Gasteiger partial charge >= 0.3 is 0 Å². The molecule has 23 rings (SSSR count). The van der Waals surface area contributed by atoms with E-state index < -0.39 is 0 Å². The molecule has 0 atom stereocenters. The van der Waals surface area contributed by atoms with Crippen molar-refractivity contribution in [1.82, 2.24) is 37.5 Å². The van der Waals surface area contributed by atoms with Crippen LogP contribution >= 0.6 is 0 Å². The second-order valence-electron chi connectivity index (χ2n) is 33.3. The number of rotatable bonds is 5. The summed E-state index contributed by atoms with van der Waals surface area (Å²) in [5.74, 6) is 0. The molecule has 0 saturated carbocycles. The van der Waals surface area contributed by atoms with Gasteiger partial charge in [-0.25, -0.2) is 0 Å². The molecule has 0 amide bonds. The number of pyridine rings is 4. The molecular weight excluding hydrogens is 2180 g/mol. The third-order valence-corrected chi connectivity index (χ3v) is 24.8. The number of aromatic nitrogens is 8. The monoisotopic (exact) mass is 2270 g/mol. The normalized spacial score (nSPS) is 13.0. The Hall–Kier alpha value is -10.6. The van der Waals surface area contributed by atoms with E-state index in [9.17, 15) is 0 Å². The number of imidazole rings is 4. The van der Waals surface area contributed by atoms with Gasteiger partial charge in [-0.15, -0.1) is 119 Å². The Labute approximate surface area is 754 Å². The molecule has 9 heterocycles. The van der Waals surface area contributed by atoms with Crippen LogP contribution in [0, 0.1) is 92.0 Å². The van der Waals surface area contributed by atoms with E-state index >= 15 is 0 Å². The van der Waals surface area contributed by atoms with Crippen LogP contribution in [0.1, 0.15) is 94.3 Å². The van der Waals surface area contributed by atoms with Crippen molar-refractivity contribution >= 4 is 126 Å². The first-order valence-corrected chi connectivity index (χ1v) is 40.9. The molecule has 2 aliphatic rings. The third kappa shape index (κ3) is 14.3. The zero-order valence-electron chi connectivity index (χ0n) is 69.1. The molecule has 0 N–H and O–H groups in total. The molecule has 13 heteroatoms. The van der Waals surface area contributed by atoms with Crippen LogP contribution in [0.15, 0.2) is 255 Å². The molecular formula is C107H89Ir4N9-4. The van der Waals surface area contributed by atoms with Gasteiger partial charge < -0.3 is 22.5 Å². The number of nitrogens with zero attached hydrogens (tertiary/aromatic N) is 9. The average Bonchev–Trinajstić information content (AvgIpc) is 1.52. The van der Waals surface area contributed by atoms with Gasteiger partial charge in [0.2, 0.25) is 0 Å². The van der Waals surface area contributed by atoms with Crippen LogP contribution in [0.25, 0.3) is 165 Å². The van der Waals surface area contributed by atoms with E-state index in [1.807, 2.05) is 48.9 Å². The molecule has 0 unspecified atom stereocenters. The van der Waals surface area contributed by atoms with Gasteiger partial charge in [0.15, 0.2) is 0 Å². The largest absolute Gasteiger partial charge is 0.372 e. The van der Waals surface area contributed by atoms with Gasteiger partial charge in [-0.2, -0.15) is 0 Å². The van der Waals surface area contributed by atoms with Crippen molar-refractivity contribution in [3.8, 4) is 44.9 Å². The zero-order chi connectivity index (χ0) is 78.9. The van der Waals surface area contributed by atoms with Gasteiger partial charge in [-0.1, -0.05) is 151 Å². The van der Waals surface area contributed by atoms with Crippen LogP contribution in [-0.4, -0.2) is 50.6 Å². The van der Waals surface area contributed by atoms with E-state index in [0.29, 0.717) is 5.41 Å². The molecule has 120 heavy (non-hydrogen) atoms. The number of hydrogen-bond acceptors (Lipinski definition) is 5. The van der Waals surface area contributed by atoms with E-state index in [4.69, 9.17) is 19.9 Å². The molecule has 9 nitrogen and oxygen atoms in total. The number of benzene rings is 13. The number of hydrogen-bond donors (Lipinski definition) is 0. The molecule has 4 radical (unpaired) electrons. The maximum atomic E-state index is 4.92. The molecule has 8 aromatic heterocycles. The standard InChI is InChI=1S/C31H25N2.C28H26N3.C28H25N2.C20H13N2.4Ir/c1-19-16-27-25-12-8-9-13-26(25)31-32-18-29(33(31)28(27)17-20(19)2)30-21(3)14-24(15-22(30)4)23-10-6-5-7-11-23;1-19-9-8-10-20(2)27(19)26-18-29-28-23-12-5-4-11-22(23)24-17-21(13-14-25(24)31(26)28)30-15-6-3-7-16-30;1-17-8-7-9-18(2)26(17)25-16-29-27-22-11-6-5-10-21(22)23-12-19-14-28(3,4)15-20(19)13-24(23)30(25)27;1-13-10-11-17-19(12-13)22-18-9-5-4-7-15(18)14-6-2-3-8-16(14)20(22)21-17;;;;/h5-12,14-18H,1-4H3;4-5,8-11,13-14,17-18H,3,6-7,15-16H2,1-2H3;5-10,12-13,16H,14-15H2,1-4H3;2-7,9-12H,1H3;;;;/q4*-1;;;;. The Morgan fingerprint density at radius 2 is 0.742 bits per heavy atom. The number of para-hydroxylation sites is 1. The topological polar surface area (TPSA) is 72.4 Å². The van der Waals surface area contributed by atoms with Gasteiger partial charge in [0.25, 0.3) is 0 Å². The summed E-state index contributed by atoms with van der Waals surface area (Å²) in [6.45, 7) is 26.7. The minimum Gasteiger partial charge on any atom is -0.372 e. The average molecular weight is 2270 g/mol. The quantitative estimate of drug-likeness (QED) is 0.127. The fraction of sp³-hybridized carbons (Fsp3) is 0.178. The number of fused-ring (bicyclic) bond motifs is 27. The fourth-order valence-electron chi connectivity index (χ4n) is 19.3. The van der Waals surface area contributed by atoms with Gasteiger partial charge in [0.1, 0.15) is 0 Å². The summed E-state index contributed by atoms with van der Waals surface area (Å²) in [6, 6.07) is 98.3. The van der Waals surface area contributed by atoms with Crippen molar-refractivity contribution in [3.63, 3.8) is 0 Å². The van der Waals surface area contributed by atoms with E-state index in [1.165, 1.54) is 185 Å². The van der Waals surface area contributed by atoms with E-state index in [-0.39, 0.29) is 80.4 Å². The molecule has 0 bridgehead atoms. The predicted octanol–water partition coefficient (Wildman–Crippen LogP) is 26.5. The third-order valence-electron chi connectivity index (χ3n) is 24.8. The fourth-order valence-corrected chi connectivity index (χ4v) is 19.3. The molecule has 1 aliphatic carbocycles. The first kappa shape index (κ1) is 83.0. The van der Waals surface area contributed by atoms with Crippen molar-refractivity contribution in [2.75, 3.05) is 18.0 Å². The minimum absolute atomic E-state index is 0. The van der Waals surface area contributed by atoms with Crippen molar-refractivity contribution in [2.45, 2.75) is 108 Å². The van der Waals surface area contributed by atoms with E-state index in [0.717, 1.165) is 92.5 Å². The molecule has 1 aliphatic heterocycles. The summed E-state index contributed by atoms with van der Waals surface area (Å²) in [5, 5.41) is 14.3. The summed E-state index contributed by atoms with van der Waals surface area (Å²) < 4.78 is 9.30. The summed E-state index contributed by atoms with van der Waals surface area (Å²) in [5.41, 5.74) is 36.8. The maximum absolute atomic E-state index is 4.92. The van der Waals surface area contributed by atoms with Crippen LogP contribution in [0.3, 0.4) is 0 Å². The maximum Gasteiger partial charge on any atom is 0.0774 e. The van der Waals surface area contributed by atoms with Gasteiger partial charge in [-0.3, -0.25) is 19.9 Å². The van der Waals surface area contributed by atoms with Crippen LogP contribution in [0.4, 0.5) is 5.69 Å². The number of anilines is 1. The Balaban J connectivity index is 0.000000119. The molecule has 13 aromatic carbocycles. The first-order valence-electron chi connectivity index (χ1n) is 40.9. The van der Waals surface area contributed by atoms with Crippen molar-refractivity contribution in [1.29, 1.82) is 0 Å². The van der Waals surface area contributed by atoms with Crippen molar-refractivity contribution < 1.29 is 80.4 Å². The Bertz CT molecular complexity index is 7550. The predicted molar refractivity (Wildman–Crippen MR) is 485 cm³/mol. The second-order valence-corrected chi connectivity index (χ2v) is 33.3. The van der Waals surface area contributed by atoms with Gasteiger partial charge in [-0.05, 0) is 242 Å².